The molecule has 0 amide bonds. The first kappa shape index (κ1) is 16.4. The topological polar surface area (TPSA) is 84.6 Å². The lowest BCUT2D eigenvalue weighted by atomic mass is 9.96. The van der Waals surface area contributed by atoms with Gasteiger partial charge in [0.1, 0.15) is 0 Å². The molecule has 2 aliphatic heterocycles. The van der Waals surface area contributed by atoms with Gasteiger partial charge in [0.25, 0.3) is 0 Å². The molecule has 0 spiro atoms. The van der Waals surface area contributed by atoms with Crippen LogP contribution in [-0.4, -0.2) is 41.4 Å². The number of nitrogens with zero attached hydrogens (tertiary/aromatic N) is 3. The molecule has 7 nitrogen and oxygen atoms in total. The summed E-state index contributed by atoms with van der Waals surface area (Å²) >= 11 is 6.00. The van der Waals surface area contributed by atoms with Crippen molar-refractivity contribution in [3.05, 3.63) is 35.2 Å². The molecule has 1 aromatic heterocycles. The fourth-order valence-corrected chi connectivity index (χ4v) is 3.58. The number of guanidine groups is 1. The van der Waals surface area contributed by atoms with Gasteiger partial charge in [-0.2, -0.15) is 4.98 Å². The van der Waals surface area contributed by atoms with E-state index in [-0.39, 0.29) is 0 Å². The predicted molar refractivity (Wildman–Crippen MR) is 94.4 cm³/mol. The average Bonchev–Trinajstić information content (AvgIpc) is 3.35. The third-order valence-electron chi connectivity index (χ3n) is 4.61. The molecule has 3 unspecified atom stereocenters. The van der Waals surface area contributed by atoms with Gasteiger partial charge in [-0.1, -0.05) is 28.9 Å². The SMILES string of the molecule is CN=C(NCc1nc(-c2cccc(Cl)c2)no1)NC1CC2CCC1O2. The van der Waals surface area contributed by atoms with Gasteiger partial charge in [-0.3, -0.25) is 4.99 Å². The van der Waals surface area contributed by atoms with E-state index in [1.807, 2.05) is 18.2 Å². The van der Waals surface area contributed by atoms with E-state index in [0.29, 0.717) is 47.5 Å². The highest BCUT2D eigenvalue weighted by Crippen LogP contribution is 2.34. The lowest BCUT2D eigenvalue weighted by Crippen LogP contribution is -2.47. The smallest absolute Gasteiger partial charge is 0.246 e. The zero-order valence-electron chi connectivity index (χ0n) is 13.9. The van der Waals surface area contributed by atoms with Gasteiger partial charge in [0.15, 0.2) is 5.96 Å². The van der Waals surface area contributed by atoms with Crippen LogP contribution in [-0.2, 0) is 11.3 Å². The molecule has 8 heteroatoms. The molecule has 2 bridgehead atoms. The van der Waals surface area contributed by atoms with Crippen molar-refractivity contribution in [1.29, 1.82) is 0 Å². The largest absolute Gasteiger partial charge is 0.373 e. The van der Waals surface area contributed by atoms with Crippen molar-refractivity contribution in [2.24, 2.45) is 4.99 Å². The van der Waals surface area contributed by atoms with Crippen molar-refractivity contribution in [3.8, 4) is 11.4 Å². The summed E-state index contributed by atoms with van der Waals surface area (Å²) in [6.07, 6.45) is 4.01. The number of rotatable bonds is 4. The zero-order chi connectivity index (χ0) is 17.2. The second-order valence-corrected chi connectivity index (χ2v) is 6.74. The lowest BCUT2D eigenvalue weighted by Gasteiger charge is -2.22. The minimum atomic E-state index is 0.293. The van der Waals surface area contributed by atoms with E-state index >= 15 is 0 Å². The van der Waals surface area contributed by atoms with Gasteiger partial charge in [-0.05, 0) is 31.4 Å². The third-order valence-corrected chi connectivity index (χ3v) is 4.84. The highest BCUT2D eigenvalue weighted by atomic mass is 35.5. The Labute approximate surface area is 150 Å². The Hall–Kier alpha value is -2.12. The Bertz CT molecular complexity index is 778. The molecule has 2 saturated heterocycles. The van der Waals surface area contributed by atoms with E-state index in [1.54, 1.807) is 13.1 Å². The first-order valence-corrected chi connectivity index (χ1v) is 8.80. The number of fused-ring (bicyclic) bond motifs is 2. The summed E-state index contributed by atoms with van der Waals surface area (Å²) in [5.74, 6) is 1.72. The standard InChI is InChI=1S/C17H20ClN5O2/c1-19-17(21-13-8-12-5-6-14(13)24-12)20-9-15-22-16(23-25-15)10-3-2-4-11(18)7-10/h2-4,7,12-14H,5-6,8-9H2,1H3,(H2,19,20,21). The Morgan fingerprint density at radius 1 is 1.40 bits per heavy atom. The number of aromatic nitrogens is 2. The summed E-state index contributed by atoms with van der Waals surface area (Å²) in [7, 11) is 1.74. The van der Waals surface area contributed by atoms with E-state index in [9.17, 15) is 0 Å². The fraction of sp³-hybridized carbons (Fsp3) is 0.471. The summed E-state index contributed by atoms with van der Waals surface area (Å²) in [4.78, 5) is 8.65. The van der Waals surface area contributed by atoms with E-state index in [2.05, 4.69) is 25.8 Å². The number of hydrogen-bond donors (Lipinski definition) is 2. The highest BCUT2D eigenvalue weighted by Gasteiger charge is 2.41. The van der Waals surface area contributed by atoms with E-state index < -0.39 is 0 Å². The second kappa shape index (κ2) is 7.01. The molecule has 4 rings (SSSR count). The van der Waals surface area contributed by atoms with Gasteiger partial charge >= 0.3 is 0 Å². The molecule has 0 saturated carbocycles. The molecule has 1 aromatic carbocycles. The van der Waals surface area contributed by atoms with Crippen LogP contribution in [0.3, 0.4) is 0 Å². The van der Waals surface area contributed by atoms with Crippen molar-refractivity contribution in [2.45, 2.75) is 44.1 Å². The molecule has 132 valence electrons. The van der Waals surface area contributed by atoms with Crippen LogP contribution in [0.1, 0.15) is 25.2 Å². The summed E-state index contributed by atoms with van der Waals surface area (Å²) in [5, 5.41) is 11.3. The maximum Gasteiger partial charge on any atom is 0.246 e. The molecule has 3 heterocycles. The number of hydrogen-bond acceptors (Lipinski definition) is 5. The summed E-state index contributed by atoms with van der Waals surface area (Å²) in [6, 6.07) is 7.68. The van der Waals surface area contributed by atoms with Crippen molar-refractivity contribution >= 4 is 17.6 Å². The van der Waals surface area contributed by atoms with E-state index in [1.165, 1.54) is 6.42 Å². The Balaban J connectivity index is 1.34. The molecular weight excluding hydrogens is 342 g/mol. The minimum Gasteiger partial charge on any atom is -0.373 e. The van der Waals surface area contributed by atoms with Crippen LogP contribution in [0, 0.1) is 0 Å². The molecule has 2 aromatic rings. The number of aliphatic imine (C=N–C) groups is 1. The molecule has 0 radical (unpaired) electrons. The van der Waals surface area contributed by atoms with E-state index in [0.717, 1.165) is 18.4 Å². The Kier molecular flexibility index (Phi) is 4.59. The quantitative estimate of drug-likeness (QED) is 0.642. The van der Waals surface area contributed by atoms with Gasteiger partial charge in [0, 0.05) is 17.6 Å². The summed E-state index contributed by atoms with van der Waals surface area (Å²) < 4.78 is 11.2. The normalized spacial score (nSPS) is 25.4. The van der Waals surface area contributed by atoms with Crippen LogP contribution in [0.15, 0.2) is 33.8 Å². The Morgan fingerprint density at radius 2 is 2.32 bits per heavy atom. The minimum absolute atomic E-state index is 0.293. The second-order valence-electron chi connectivity index (χ2n) is 6.31. The maximum absolute atomic E-state index is 6.00. The Morgan fingerprint density at radius 3 is 3.04 bits per heavy atom. The van der Waals surface area contributed by atoms with Crippen molar-refractivity contribution < 1.29 is 9.26 Å². The predicted octanol–water partition coefficient (Wildman–Crippen LogP) is 2.37. The van der Waals surface area contributed by atoms with Crippen LogP contribution >= 0.6 is 11.6 Å². The van der Waals surface area contributed by atoms with Crippen LogP contribution < -0.4 is 10.6 Å². The van der Waals surface area contributed by atoms with E-state index in [4.69, 9.17) is 20.9 Å². The molecule has 2 fully saturated rings. The van der Waals surface area contributed by atoms with Gasteiger partial charge < -0.3 is 19.9 Å². The number of ether oxygens (including phenoxy) is 1. The molecular formula is C17H20ClN5O2. The van der Waals surface area contributed by atoms with Crippen LogP contribution in [0.4, 0.5) is 0 Å². The van der Waals surface area contributed by atoms with Crippen LogP contribution in [0.25, 0.3) is 11.4 Å². The number of halogens is 1. The van der Waals surface area contributed by atoms with Gasteiger partial charge in [-0.25, -0.2) is 0 Å². The maximum atomic E-state index is 6.00. The zero-order valence-corrected chi connectivity index (χ0v) is 14.7. The van der Waals surface area contributed by atoms with Gasteiger partial charge in [0.2, 0.25) is 11.7 Å². The third kappa shape index (κ3) is 3.62. The monoisotopic (exact) mass is 361 g/mol. The summed E-state index contributed by atoms with van der Waals surface area (Å²) in [5.41, 5.74) is 0.823. The molecule has 2 aliphatic rings. The number of benzene rings is 1. The first-order chi connectivity index (χ1) is 12.2. The van der Waals surface area contributed by atoms with Crippen LogP contribution in [0.5, 0.6) is 0 Å². The first-order valence-electron chi connectivity index (χ1n) is 8.42. The van der Waals surface area contributed by atoms with Gasteiger partial charge in [0.05, 0.1) is 24.8 Å². The molecule has 3 atom stereocenters. The van der Waals surface area contributed by atoms with Crippen molar-refractivity contribution in [3.63, 3.8) is 0 Å². The lowest BCUT2D eigenvalue weighted by molar-refractivity contribution is 0.0992. The summed E-state index contributed by atoms with van der Waals surface area (Å²) in [6.45, 7) is 0.398. The average molecular weight is 362 g/mol. The molecule has 0 aliphatic carbocycles. The molecule has 2 N–H and O–H groups in total. The fourth-order valence-electron chi connectivity index (χ4n) is 3.39. The van der Waals surface area contributed by atoms with Crippen molar-refractivity contribution in [1.82, 2.24) is 20.8 Å². The molecule has 25 heavy (non-hydrogen) atoms. The highest BCUT2D eigenvalue weighted by molar-refractivity contribution is 6.30. The van der Waals surface area contributed by atoms with Crippen LogP contribution in [0.2, 0.25) is 5.02 Å². The van der Waals surface area contributed by atoms with Crippen molar-refractivity contribution in [2.75, 3.05) is 7.05 Å². The number of nitrogens with one attached hydrogen (secondary N) is 2. The van der Waals surface area contributed by atoms with Gasteiger partial charge in [-0.15, -0.1) is 0 Å².